The lowest BCUT2D eigenvalue weighted by molar-refractivity contribution is -0.120. The highest BCUT2D eigenvalue weighted by atomic mass is 16.5. The summed E-state index contributed by atoms with van der Waals surface area (Å²) in [6.07, 6.45) is 0. The first-order valence-electron chi connectivity index (χ1n) is 9.35. The number of hydrogen-bond acceptors (Lipinski definition) is 5. The Morgan fingerprint density at radius 2 is 1.75 bits per heavy atom. The number of carbonyl (C=O) groups is 1. The van der Waals surface area contributed by atoms with Gasteiger partial charge in [-0.3, -0.25) is 9.69 Å². The van der Waals surface area contributed by atoms with Crippen LogP contribution in [-0.4, -0.2) is 44.7 Å². The van der Waals surface area contributed by atoms with E-state index in [0.29, 0.717) is 36.1 Å². The number of benzene rings is 2. The lowest BCUT2D eigenvalue weighted by Crippen LogP contribution is -2.39. The average Bonchev–Trinajstić information content (AvgIpc) is 2.70. The number of likely N-dealkylation sites (N-methyl/N-ethyl adjacent to an activating group) is 1. The van der Waals surface area contributed by atoms with E-state index in [4.69, 9.17) is 14.2 Å². The Labute approximate surface area is 167 Å². The monoisotopic (exact) mass is 386 g/mol. The second-order valence-electron chi connectivity index (χ2n) is 6.64. The van der Waals surface area contributed by atoms with Crippen LogP contribution < -0.4 is 19.5 Å². The smallest absolute Gasteiger partial charge is 0.241 e. The summed E-state index contributed by atoms with van der Waals surface area (Å²) in [5.41, 5.74) is 2.84. The number of methoxy groups -OCH3 is 2. The number of anilines is 1. The summed E-state index contributed by atoms with van der Waals surface area (Å²) in [7, 11) is 5.16. The van der Waals surface area contributed by atoms with Gasteiger partial charge in [-0.05, 0) is 63.2 Å². The van der Waals surface area contributed by atoms with Crippen LogP contribution in [0.2, 0.25) is 0 Å². The van der Waals surface area contributed by atoms with Gasteiger partial charge in [-0.25, -0.2) is 0 Å². The third-order valence-electron chi connectivity index (χ3n) is 4.75. The molecule has 0 radical (unpaired) electrons. The second kappa shape index (κ2) is 9.99. The van der Waals surface area contributed by atoms with Gasteiger partial charge in [0.25, 0.3) is 0 Å². The van der Waals surface area contributed by atoms with E-state index in [1.165, 1.54) is 0 Å². The SMILES string of the molecule is CCOc1ccccc1NC(=O)[C@H](C)N(C)Cc1cc(OC)c(OC)cc1C. The molecule has 0 bridgehead atoms. The van der Waals surface area contributed by atoms with Crippen LogP contribution in [0.1, 0.15) is 25.0 Å². The molecule has 0 saturated heterocycles. The van der Waals surface area contributed by atoms with Crippen molar-refractivity contribution in [3.8, 4) is 17.2 Å². The van der Waals surface area contributed by atoms with Crippen molar-refractivity contribution in [2.24, 2.45) is 0 Å². The molecule has 0 aliphatic rings. The normalized spacial score (nSPS) is 11.8. The number of hydrogen-bond donors (Lipinski definition) is 1. The molecular weight excluding hydrogens is 356 g/mol. The van der Waals surface area contributed by atoms with Crippen LogP contribution in [-0.2, 0) is 11.3 Å². The van der Waals surface area contributed by atoms with Gasteiger partial charge < -0.3 is 19.5 Å². The standard InChI is InChI=1S/C22H30N2O4/c1-7-28-19-11-9-8-10-18(19)23-22(25)16(3)24(4)14-17-13-21(27-6)20(26-5)12-15(17)2/h8-13,16H,7,14H2,1-6H3,(H,23,25)/t16-/m0/s1. The van der Waals surface area contributed by atoms with Gasteiger partial charge in [0.2, 0.25) is 5.91 Å². The molecule has 0 aromatic heterocycles. The minimum absolute atomic E-state index is 0.0900. The lowest BCUT2D eigenvalue weighted by Gasteiger charge is -2.25. The Kier molecular flexibility index (Phi) is 7.70. The third kappa shape index (κ3) is 5.16. The molecule has 1 atom stereocenters. The fourth-order valence-electron chi connectivity index (χ4n) is 2.89. The number of nitrogens with one attached hydrogen (secondary N) is 1. The van der Waals surface area contributed by atoms with Crippen molar-refractivity contribution < 1.29 is 19.0 Å². The molecule has 152 valence electrons. The van der Waals surface area contributed by atoms with Crippen molar-refractivity contribution in [1.82, 2.24) is 4.90 Å². The number of carbonyl (C=O) groups excluding carboxylic acids is 1. The Bertz CT molecular complexity index is 807. The van der Waals surface area contributed by atoms with Crippen LogP contribution in [0.25, 0.3) is 0 Å². The zero-order chi connectivity index (χ0) is 20.7. The highest BCUT2D eigenvalue weighted by Gasteiger charge is 2.21. The van der Waals surface area contributed by atoms with E-state index in [0.717, 1.165) is 11.1 Å². The minimum atomic E-state index is -0.331. The Morgan fingerprint density at radius 1 is 1.11 bits per heavy atom. The molecule has 2 aromatic carbocycles. The van der Waals surface area contributed by atoms with Crippen LogP contribution in [0.4, 0.5) is 5.69 Å². The molecule has 6 nitrogen and oxygen atoms in total. The van der Waals surface area contributed by atoms with Gasteiger partial charge in [-0.1, -0.05) is 12.1 Å². The zero-order valence-electron chi connectivity index (χ0n) is 17.5. The molecule has 0 aliphatic heterocycles. The molecular formula is C22H30N2O4. The molecule has 2 rings (SSSR count). The largest absolute Gasteiger partial charge is 0.493 e. The summed E-state index contributed by atoms with van der Waals surface area (Å²) in [5, 5.41) is 2.97. The van der Waals surface area contributed by atoms with Crippen LogP contribution in [0, 0.1) is 6.92 Å². The Balaban J connectivity index is 2.10. The molecule has 1 N–H and O–H groups in total. The number of ether oxygens (including phenoxy) is 3. The van der Waals surface area contributed by atoms with E-state index in [9.17, 15) is 4.79 Å². The first kappa shape index (κ1) is 21.6. The maximum absolute atomic E-state index is 12.8. The predicted molar refractivity (Wildman–Crippen MR) is 111 cm³/mol. The first-order chi connectivity index (χ1) is 13.4. The number of aryl methyl sites for hydroxylation is 1. The van der Waals surface area contributed by atoms with Crippen molar-refractivity contribution in [2.45, 2.75) is 33.4 Å². The molecule has 0 fully saturated rings. The maximum Gasteiger partial charge on any atom is 0.241 e. The van der Waals surface area contributed by atoms with E-state index >= 15 is 0 Å². The van der Waals surface area contributed by atoms with Crippen LogP contribution in [0.5, 0.6) is 17.2 Å². The van der Waals surface area contributed by atoms with Crippen LogP contribution in [0.3, 0.4) is 0 Å². The third-order valence-corrected chi connectivity index (χ3v) is 4.75. The molecule has 1 amide bonds. The first-order valence-corrected chi connectivity index (χ1v) is 9.35. The van der Waals surface area contributed by atoms with Crippen molar-refractivity contribution in [2.75, 3.05) is 33.2 Å². The highest BCUT2D eigenvalue weighted by Crippen LogP contribution is 2.31. The molecule has 2 aromatic rings. The lowest BCUT2D eigenvalue weighted by atomic mass is 10.1. The quantitative estimate of drug-likeness (QED) is 0.709. The van der Waals surface area contributed by atoms with Gasteiger partial charge in [0, 0.05) is 6.54 Å². The van der Waals surface area contributed by atoms with Gasteiger partial charge >= 0.3 is 0 Å². The number of rotatable bonds is 9. The molecule has 0 heterocycles. The van der Waals surface area contributed by atoms with Crippen molar-refractivity contribution >= 4 is 11.6 Å². The molecule has 28 heavy (non-hydrogen) atoms. The summed E-state index contributed by atoms with van der Waals surface area (Å²) in [5.74, 6) is 1.96. The second-order valence-corrected chi connectivity index (χ2v) is 6.64. The van der Waals surface area contributed by atoms with Crippen molar-refractivity contribution in [3.05, 3.63) is 47.5 Å². The minimum Gasteiger partial charge on any atom is -0.493 e. The highest BCUT2D eigenvalue weighted by molar-refractivity contribution is 5.95. The summed E-state index contributed by atoms with van der Waals surface area (Å²) >= 11 is 0. The summed E-state index contributed by atoms with van der Waals surface area (Å²) in [6.45, 7) is 6.97. The Morgan fingerprint density at radius 3 is 2.39 bits per heavy atom. The summed E-state index contributed by atoms with van der Waals surface area (Å²) in [4.78, 5) is 14.7. The molecule has 0 aliphatic carbocycles. The van der Waals surface area contributed by atoms with E-state index in [1.54, 1.807) is 14.2 Å². The predicted octanol–water partition coefficient (Wildman–Crippen LogP) is 3.87. The fraction of sp³-hybridized carbons (Fsp3) is 0.409. The van der Waals surface area contributed by atoms with Crippen molar-refractivity contribution in [1.29, 1.82) is 0 Å². The van der Waals surface area contributed by atoms with E-state index in [-0.39, 0.29) is 11.9 Å². The Hall–Kier alpha value is -2.73. The van der Waals surface area contributed by atoms with Gasteiger partial charge in [-0.2, -0.15) is 0 Å². The maximum atomic E-state index is 12.8. The zero-order valence-corrected chi connectivity index (χ0v) is 17.5. The van der Waals surface area contributed by atoms with Gasteiger partial charge in [0.05, 0.1) is 32.6 Å². The summed E-state index contributed by atoms with van der Waals surface area (Å²) in [6, 6.07) is 11.0. The molecule has 6 heteroatoms. The van der Waals surface area contributed by atoms with E-state index in [1.807, 2.05) is 69.1 Å². The van der Waals surface area contributed by atoms with Gasteiger partial charge in [0.15, 0.2) is 11.5 Å². The topological polar surface area (TPSA) is 60.0 Å². The van der Waals surface area contributed by atoms with Gasteiger partial charge in [-0.15, -0.1) is 0 Å². The van der Waals surface area contributed by atoms with Crippen molar-refractivity contribution in [3.63, 3.8) is 0 Å². The summed E-state index contributed by atoms with van der Waals surface area (Å²) < 4.78 is 16.3. The van der Waals surface area contributed by atoms with E-state index < -0.39 is 0 Å². The molecule has 0 saturated carbocycles. The van der Waals surface area contributed by atoms with E-state index in [2.05, 4.69) is 5.32 Å². The molecule has 0 unspecified atom stereocenters. The van der Waals surface area contributed by atoms with Crippen LogP contribution >= 0.6 is 0 Å². The number of amides is 1. The fourth-order valence-corrected chi connectivity index (χ4v) is 2.89. The average molecular weight is 386 g/mol. The number of para-hydroxylation sites is 2. The molecule has 0 spiro atoms. The number of nitrogens with zero attached hydrogens (tertiary/aromatic N) is 1. The van der Waals surface area contributed by atoms with Gasteiger partial charge in [0.1, 0.15) is 5.75 Å². The van der Waals surface area contributed by atoms with Crippen LogP contribution in [0.15, 0.2) is 36.4 Å².